The predicted octanol–water partition coefficient (Wildman–Crippen LogP) is 2.43. The van der Waals surface area contributed by atoms with Gasteiger partial charge >= 0.3 is 5.88 Å². The minimum atomic E-state index is 0.195. The minimum absolute atomic E-state index is 0.195. The molecule has 0 saturated carbocycles. The highest BCUT2D eigenvalue weighted by molar-refractivity contribution is 5.21. The Morgan fingerprint density at radius 3 is 2.87 bits per heavy atom. The molecule has 0 saturated heterocycles. The van der Waals surface area contributed by atoms with Gasteiger partial charge in [0.2, 0.25) is 5.27 Å². The van der Waals surface area contributed by atoms with Crippen molar-refractivity contribution in [3.05, 3.63) is 10.9 Å². The van der Waals surface area contributed by atoms with Gasteiger partial charge in [0.1, 0.15) is 0 Å². The van der Waals surface area contributed by atoms with Crippen molar-refractivity contribution in [1.29, 1.82) is 0 Å². The van der Waals surface area contributed by atoms with Gasteiger partial charge in [-0.1, -0.05) is 19.8 Å². The van der Waals surface area contributed by atoms with Crippen molar-refractivity contribution in [2.24, 2.45) is 10.4 Å². The molecule has 0 aliphatic rings. The second kappa shape index (κ2) is 6.10. The number of nitrogens with zero attached hydrogens (tertiary/aromatic N) is 4. The molecule has 1 aromatic rings. The molecule has 0 aliphatic carbocycles. The van der Waals surface area contributed by atoms with E-state index in [1.807, 2.05) is 0 Å². The Morgan fingerprint density at radius 2 is 2.20 bits per heavy atom. The van der Waals surface area contributed by atoms with Crippen molar-refractivity contribution in [3.63, 3.8) is 0 Å². The summed E-state index contributed by atoms with van der Waals surface area (Å²) in [6.45, 7) is 4.77. The maximum atomic E-state index is 9.92. The highest BCUT2D eigenvalue weighted by atomic mass is 16.5. The lowest BCUT2D eigenvalue weighted by molar-refractivity contribution is -0.767. The summed E-state index contributed by atoms with van der Waals surface area (Å²) in [6, 6.07) is 0. The average Bonchev–Trinajstić information content (AvgIpc) is 2.57. The first kappa shape index (κ1) is 11.6. The van der Waals surface area contributed by atoms with Crippen LogP contribution < -0.4 is 4.68 Å². The van der Waals surface area contributed by atoms with Crippen molar-refractivity contribution in [2.75, 3.05) is 0 Å². The second-order valence-corrected chi connectivity index (χ2v) is 3.43. The van der Waals surface area contributed by atoms with Crippen molar-refractivity contribution >= 4 is 5.88 Å². The normalized spacial score (nSPS) is 11.3. The van der Waals surface area contributed by atoms with Gasteiger partial charge in [-0.3, -0.25) is 4.52 Å². The fourth-order valence-corrected chi connectivity index (χ4v) is 1.35. The first-order valence-electron chi connectivity index (χ1n) is 5.19. The molecule has 0 N–H and O–H groups in total. The third-order valence-electron chi connectivity index (χ3n) is 2.28. The van der Waals surface area contributed by atoms with Gasteiger partial charge in [-0.05, 0) is 11.1 Å². The molecule has 0 spiro atoms. The molecule has 0 atom stereocenters. The lowest BCUT2D eigenvalue weighted by atomic mass is 10.2. The van der Waals surface area contributed by atoms with E-state index < -0.39 is 0 Å². The fourth-order valence-electron chi connectivity index (χ4n) is 1.35. The van der Waals surface area contributed by atoms with Crippen LogP contribution in [0.5, 0.6) is 0 Å². The Bertz CT molecular complexity index is 322. The summed E-state index contributed by atoms with van der Waals surface area (Å²) in [5, 5.41) is 19.4. The van der Waals surface area contributed by atoms with Crippen LogP contribution in [0.15, 0.2) is 14.9 Å². The van der Waals surface area contributed by atoms with Crippen molar-refractivity contribution in [3.8, 4) is 0 Å². The van der Waals surface area contributed by atoms with Crippen molar-refractivity contribution < 1.29 is 9.20 Å². The molecule has 15 heavy (non-hydrogen) atoms. The summed E-state index contributed by atoms with van der Waals surface area (Å²) in [4.78, 5) is 0. The van der Waals surface area contributed by atoms with Crippen LogP contribution in [0.4, 0.5) is 5.88 Å². The molecule has 0 amide bonds. The molecule has 6 heteroatoms. The molecular weight excluding hydrogens is 196 g/mol. The Morgan fingerprint density at radius 1 is 1.40 bits per heavy atom. The number of aryl methyl sites for hydroxylation is 1. The maximum absolute atomic E-state index is 9.92. The van der Waals surface area contributed by atoms with E-state index in [0.717, 1.165) is 18.7 Å². The Kier molecular flexibility index (Phi) is 4.73. The van der Waals surface area contributed by atoms with E-state index in [1.54, 1.807) is 11.6 Å². The van der Waals surface area contributed by atoms with Crippen molar-refractivity contribution in [1.82, 2.24) is 5.27 Å². The van der Waals surface area contributed by atoms with E-state index in [-0.39, 0.29) is 5.88 Å². The quantitative estimate of drug-likeness (QED) is 0.314. The van der Waals surface area contributed by atoms with Crippen LogP contribution in [0.1, 0.15) is 38.3 Å². The van der Waals surface area contributed by atoms with Crippen LogP contribution in [-0.4, -0.2) is 5.27 Å². The molecule has 1 rings (SSSR count). The SMILES string of the molecule is CCCCCC[n+]1noc(/N=N/[O-])c1C. The summed E-state index contributed by atoms with van der Waals surface area (Å²) < 4.78 is 6.55. The summed E-state index contributed by atoms with van der Waals surface area (Å²) in [5.41, 5.74) is 0.742. The van der Waals surface area contributed by atoms with Crippen molar-refractivity contribution in [2.45, 2.75) is 46.1 Å². The molecule has 1 aromatic heterocycles. The van der Waals surface area contributed by atoms with Gasteiger partial charge in [0.25, 0.3) is 5.69 Å². The third-order valence-corrected chi connectivity index (χ3v) is 2.28. The molecule has 0 radical (unpaired) electrons. The smallest absolute Gasteiger partial charge is 0.342 e. The second-order valence-electron chi connectivity index (χ2n) is 3.43. The molecule has 0 fully saturated rings. The first-order valence-corrected chi connectivity index (χ1v) is 5.19. The highest BCUT2D eigenvalue weighted by Crippen LogP contribution is 2.13. The zero-order valence-corrected chi connectivity index (χ0v) is 9.14. The van der Waals surface area contributed by atoms with Crippen LogP contribution in [0, 0.1) is 12.1 Å². The topological polar surface area (TPSA) is 77.7 Å². The van der Waals surface area contributed by atoms with E-state index >= 15 is 0 Å². The molecule has 0 aromatic carbocycles. The van der Waals surface area contributed by atoms with Crippen LogP contribution in [-0.2, 0) is 6.54 Å². The minimum Gasteiger partial charge on any atom is -0.775 e. The molecule has 0 unspecified atom stereocenters. The monoisotopic (exact) mass is 212 g/mol. The zero-order valence-electron chi connectivity index (χ0n) is 9.14. The van der Waals surface area contributed by atoms with E-state index in [4.69, 9.17) is 4.52 Å². The number of aromatic nitrogens is 2. The number of unbranched alkanes of at least 4 members (excludes halogenated alkanes) is 3. The lowest BCUT2D eigenvalue weighted by Crippen LogP contribution is -2.38. The summed E-state index contributed by atoms with van der Waals surface area (Å²) >= 11 is 0. The van der Waals surface area contributed by atoms with Gasteiger partial charge in [0, 0.05) is 13.3 Å². The zero-order chi connectivity index (χ0) is 11.1. The first-order chi connectivity index (χ1) is 7.29. The van der Waals surface area contributed by atoms with Gasteiger partial charge < -0.3 is 5.21 Å². The third kappa shape index (κ3) is 3.30. The standard InChI is InChI=1S/C9H16N4O2/c1-3-4-5-6-7-13-8(2)9(10-11-14)15-12-13/h3-7H2,1-2H3. The van der Waals surface area contributed by atoms with Gasteiger partial charge in [-0.25, -0.2) is 5.28 Å². The number of hydrogen-bond donors (Lipinski definition) is 0. The van der Waals surface area contributed by atoms with E-state index in [0.29, 0.717) is 0 Å². The number of rotatable bonds is 6. The van der Waals surface area contributed by atoms with E-state index in [2.05, 4.69) is 22.6 Å². The van der Waals surface area contributed by atoms with Gasteiger partial charge in [0.15, 0.2) is 6.54 Å². The maximum Gasteiger partial charge on any atom is 0.342 e. The fraction of sp³-hybridized carbons (Fsp3) is 0.778. The van der Waals surface area contributed by atoms with E-state index in [1.165, 1.54) is 19.3 Å². The van der Waals surface area contributed by atoms with Crippen LogP contribution in [0.2, 0.25) is 0 Å². The lowest BCUT2D eigenvalue weighted by Gasteiger charge is -1.92. The summed E-state index contributed by atoms with van der Waals surface area (Å²) in [7, 11) is 0. The number of hydrogen-bond acceptors (Lipinski definition) is 5. The van der Waals surface area contributed by atoms with Gasteiger partial charge in [-0.15, -0.1) is 5.11 Å². The predicted molar refractivity (Wildman–Crippen MR) is 53.5 cm³/mol. The van der Waals surface area contributed by atoms with Crippen LogP contribution >= 0.6 is 0 Å². The molecule has 6 nitrogen and oxygen atoms in total. The molecule has 84 valence electrons. The molecular formula is C9H16N4O2. The van der Waals surface area contributed by atoms with Gasteiger partial charge in [0.05, 0.1) is 0 Å². The Labute approximate surface area is 88.5 Å². The van der Waals surface area contributed by atoms with Gasteiger partial charge in [-0.2, -0.15) is 0 Å². The largest absolute Gasteiger partial charge is 0.775 e. The Balaban J connectivity index is 2.47. The molecule has 0 aliphatic heterocycles. The molecule has 0 bridgehead atoms. The summed E-state index contributed by atoms with van der Waals surface area (Å²) in [6.07, 6.45) is 4.66. The Hall–Kier alpha value is -1.46. The average molecular weight is 212 g/mol. The summed E-state index contributed by atoms with van der Waals surface area (Å²) in [5.74, 6) is 0.195. The van der Waals surface area contributed by atoms with Crippen LogP contribution in [0.25, 0.3) is 0 Å². The van der Waals surface area contributed by atoms with Crippen LogP contribution in [0.3, 0.4) is 0 Å². The van der Waals surface area contributed by atoms with E-state index in [9.17, 15) is 5.21 Å². The highest BCUT2D eigenvalue weighted by Gasteiger charge is 2.18. The molecule has 1 heterocycles.